The molecule has 0 saturated heterocycles. The molecule has 0 bridgehead atoms. The standard InChI is InChI=1S/C16H22N4/c1-2-7-19-15(11-13-5-9-18-10-6-13)12-14-4-3-8-20-16(14)17/h3-6,8-10,15,19H,2,7,11-12H2,1H3,(H2,17,20). The molecule has 1 unspecified atom stereocenters. The highest BCUT2D eigenvalue weighted by atomic mass is 14.9. The van der Waals surface area contributed by atoms with Crippen molar-refractivity contribution in [2.45, 2.75) is 32.2 Å². The molecule has 0 amide bonds. The van der Waals surface area contributed by atoms with Gasteiger partial charge in [0.2, 0.25) is 0 Å². The smallest absolute Gasteiger partial charge is 0.126 e. The molecule has 1 atom stereocenters. The zero-order valence-electron chi connectivity index (χ0n) is 11.9. The van der Waals surface area contributed by atoms with Gasteiger partial charge in [0, 0.05) is 24.6 Å². The molecule has 0 aliphatic heterocycles. The summed E-state index contributed by atoms with van der Waals surface area (Å²) in [7, 11) is 0. The molecule has 0 aliphatic carbocycles. The molecule has 0 radical (unpaired) electrons. The average molecular weight is 270 g/mol. The topological polar surface area (TPSA) is 63.8 Å². The average Bonchev–Trinajstić information content (AvgIpc) is 2.48. The van der Waals surface area contributed by atoms with Crippen molar-refractivity contribution in [1.29, 1.82) is 0 Å². The fourth-order valence-electron chi connectivity index (χ4n) is 2.26. The predicted molar refractivity (Wildman–Crippen MR) is 82.4 cm³/mol. The number of hydrogen-bond acceptors (Lipinski definition) is 4. The van der Waals surface area contributed by atoms with Crippen LogP contribution in [0.15, 0.2) is 42.9 Å². The van der Waals surface area contributed by atoms with E-state index in [9.17, 15) is 0 Å². The van der Waals surface area contributed by atoms with Gasteiger partial charge in [0.05, 0.1) is 0 Å². The van der Waals surface area contributed by atoms with Crippen LogP contribution < -0.4 is 11.1 Å². The lowest BCUT2D eigenvalue weighted by atomic mass is 10.00. The van der Waals surface area contributed by atoms with Crippen molar-refractivity contribution in [2.24, 2.45) is 0 Å². The minimum absolute atomic E-state index is 0.365. The Kier molecular flexibility index (Phi) is 5.50. The minimum Gasteiger partial charge on any atom is -0.383 e. The van der Waals surface area contributed by atoms with Crippen LogP contribution in [-0.4, -0.2) is 22.6 Å². The number of aromatic nitrogens is 2. The van der Waals surface area contributed by atoms with Gasteiger partial charge in [0.25, 0.3) is 0 Å². The quantitative estimate of drug-likeness (QED) is 0.809. The Morgan fingerprint density at radius 2 is 1.95 bits per heavy atom. The summed E-state index contributed by atoms with van der Waals surface area (Å²) in [6.45, 7) is 3.19. The number of hydrogen-bond donors (Lipinski definition) is 2. The molecule has 4 heteroatoms. The van der Waals surface area contributed by atoms with E-state index >= 15 is 0 Å². The minimum atomic E-state index is 0.365. The van der Waals surface area contributed by atoms with Crippen molar-refractivity contribution in [3.05, 3.63) is 54.0 Å². The highest BCUT2D eigenvalue weighted by molar-refractivity contribution is 5.39. The second-order valence-electron chi connectivity index (χ2n) is 4.96. The second kappa shape index (κ2) is 7.60. The summed E-state index contributed by atoms with van der Waals surface area (Å²) in [5.74, 6) is 0.630. The first-order valence-electron chi connectivity index (χ1n) is 7.11. The van der Waals surface area contributed by atoms with Crippen molar-refractivity contribution in [3.63, 3.8) is 0 Å². The van der Waals surface area contributed by atoms with Crippen LogP contribution in [0, 0.1) is 0 Å². The summed E-state index contributed by atoms with van der Waals surface area (Å²) in [5.41, 5.74) is 8.34. The maximum absolute atomic E-state index is 5.94. The molecule has 0 aromatic carbocycles. The first-order chi connectivity index (χ1) is 9.79. The van der Waals surface area contributed by atoms with Crippen molar-refractivity contribution in [2.75, 3.05) is 12.3 Å². The molecule has 0 aliphatic rings. The Morgan fingerprint density at radius 1 is 1.15 bits per heavy atom. The van der Waals surface area contributed by atoms with Crippen LogP contribution in [0.4, 0.5) is 5.82 Å². The van der Waals surface area contributed by atoms with Gasteiger partial charge in [-0.3, -0.25) is 4.98 Å². The number of pyridine rings is 2. The van der Waals surface area contributed by atoms with Crippen molar-refractivity contribution in [3.8, 4) is 0 Å². The molecule has 2 heterocycles. The van der Waals surface area contributed by atoms with Crippen molar-refractivity contribution >= 4 is 5.82 Å². The zero-order valence-corrected chi connectivity index (χ0v) is 11.9. The van der Waals surface area contributed by atoms with E-state index in [1.807, 2.05) is 18.5 Å². The summed E-state index contributed by atoms with van der Waals surface area (Å²) in [5, 5.41) is 3.59. The van der Waals surface area contributed by atoms with Crippen molar-refractivity contribution < 1.29 is 0 Å². The Labute approximate surface area is 120 Å². The Balaban J connectivity index is 2.05. The maximum Gasteiger partial charge on any atom is 0.126 e. The van der Waals surface area contributed by atoms with Crippen LogP contribution in [-0.2, 0) is 12.8 Å². The van der Waals surface area contributed by atoms with Gasteiger partial charge in [-0.25, -0.2) is 4.98 Å². The molecule has 2 rings (SSSR count). The van der Waals surface area contributed by atoms with E-state index in [4.69, 9.17) is 5.73 Å². The monoisotopic (exact) mass is 270 g/mol. The van der Waals surface area contributed by atoms with Crippen molar-refractivity contribution in [1.82, 2.24) is 15.3 Å². The van der Waals surface area contributed by atoms with E-state index in [1.54, 1.807) is 6.20 Å². The zero-order chi connectivity index (χ0) is 14.2. The van der Waals surface area contributed by atoms with E-state index in [0.717, 1.165) is 31.4 Å². The summed E-state index contributed by atoms with van der Waals surface area (Å²) in [6.07, 6.45) is 8.39. The van der Waals surface area contributed by atoms with Gasteiger partial charge in [0.1, 0.15) is 5.82 Å². The highest BCUT2D eigenvalue weighted by Gasteiger charge is 2.12. The Morgan fingerprint density at radius 3 is 2.65 bits per heavy atom. The van der Waals surface area contributed by atoms with E-state index in [1.165, 1.54) is 5.56 Å². The molecule has 2 aromatic heterocycles. The van der Waals surface area contributed by atoms with E-state index in [2.05, 4.69) is 40.4 Å². The number of nitrogens with zero attached hydrogens (tertiary/aromatic N) is 2. The lowest BCUT2D eigenvalue weighted by molar-refractivity contribution is 0.504. The molecule has 20 heavy (non-hydrogen) atoms. The SMILES string of the molecule is CCCNC(Cc1ccncc1)Cc1cccnc1N. The lowest BCUT2D eigenvalue weighted by Crippen LogP contribution is -2.34. The van der Waals surface area contributed by atoms with E-state index in [0.29, 0.717) is 11.9 Å². The van der Waals surface area contributed by atoms with Crippen LogP contribution in [0.5, 0.6) is 0 Å². The summed E-state index contributed by atoms with van der Waals surface area (Å²) in [4.78, 5) is 8.22. The second-order valence-corrected chi connectivity index (χ2v) is 4.96. The Hall–Kier alpha value is -1.94. The third-order valence-electron chi connectivity index (χ3n) is 3.31. The van der Waals surface area contributed by atoms with Crippen LogP contribution in [0.2, 0.25) is 0 Å². The summed E-state index contributed by atoms with van der Waals surface area (Å²) >= 11 is 0. The summed E-state index contributed by atoms with van der Waals surface area (Å²) < 4.78 is 0. The molecule has 0 fully saturated rings. The van der Waals surface area contributed by atoms with Gasteiger partial charge in [-0.05, 0) is 55.1 Å². The van der Waals surface area contributed by atoms with Crippen LogP contribution in [0.3, 0.4) is 0 Å². The maximum atomic E-state index is 5.94. The third kappa shape index (κ3) is 4.31. The molecule has 4 nitrogen and oxygen atoms in total. The third-order valence-corrected chi connectivity index (χ3v) is 3.31. The van der Waals surface area contributed by atoms with Crippen LogP contribution in [0.25, 0.3) is 0 Å². The normalized spacial score (nSPS) is 12.2. The van der Waals surface area contributed by atoms with Gasteiger partial charge < -0.3 is 11.1 Å². The number of nitrogens with two attached hydrogens (primary N) is 1. The number of nitrogens with one attached hydrogen (secondary N) is 1. The van der Waals surface area contributed by atoms with E-state index in [-0.39, 0.29) is 0 Å². The predicted octanol–water partition coefficient (Wildman–Crippen LogP) is 2.21. The molecule has 106 valence electrons. The summed E-state index contributed by atoms with van der Waals surface area (Å²) in [6, 6.07) is 8.48. The number of nitrogen functional groups attached to an aromatic ring is 1. The van der Waals surface area contributed by atoms with Gasteiger partial charge in [0.15, 0.2) is 0 Å². The fourth-order valence-corrected chi connectivity index (χ4v) is 2.26. The first kappa shape index (κ1) is 14.5. The van der Waals surface area contributed by atoms with Crippen LogP contribution in [0.1, 0.15) is 24.5 Å². The molecule has 2 aromatic rings. The van der Waals surface area contributed by atoms with Gasteiger partial charge in [-0.1, -0.05) is 13.0 Å². The van der Waals surface area contributed by atoms with E-state index < -0.39 is 0 Å². The highest BCUT2D eigenvalue weighted by Crippen LogP contribution is 2.13. The van der Waals surface area contributed by atoms with Gasteiger partial charge >= 0.3 is 0 Å². The number of rotatable bonds is 7. The van der Waals surface area contributed by atoms with Crippen LogP contribution >= 0.6 is 0 Å². The van der Waals surface area contributed by atoms with Gasteiger partial charge in [-0.2, -0.15) is 0 Å². The molecule has 3 N–H and O–H groups in total. The molecular weight excluding hydrogens is 248 g/mol. The first-order valence-corrected chi connectivity index (χ1v) is 7.11. The molecule has 0 saturated carbocycles. The Bertz CT molecular complexity index is 513. The molecule has 0 spiro atoms. The van der Waals surface area contributed by atoms with Gasteiger partial charge in [-0.15, -0.1) is 0 Å². The molecular formula is C16H22N4. The largest absolute Gasteiger partial charge is 0.383 e. The lowest BCUT2D eigenvalue weighted by Gasteiger charge is -2.19. The fraction of sp³-hybridized carbons (Fsp3) is 0.375. The number of anilines is 1.